The van der Waals surface area contributed by atoms with Gasteiger partial charge in [0, 0.05) is 28.4 Å². The number of rotatable bonds is 9. The Kier molecular flexibility index (Phi) is 7.08. The first-order chi connectivity index (χ1) is 14.2. The molecule has 29 heavy (non-hydrogen) atoms. The molecule has 0 bridgehead atoms. The summed E-state index contributed by atoms with van der Waals surface area (Å²) in [4.78, 5) is 17.1. The van der Waals surface area contributed by atoms with Crippen LogP contribution in [-0.4, -0.2) is 30.7 Å². The summed E-state index contributed by atoms with van der Waals surface area (Å²) in [5.41, 5.74) is 2.14. The number of nitrogens with one attached hydrogen (secondary N) is 1. The number of thiazole rings is 1. The number of carbonyl (C=O) groups is 1. The van der Waals surface area contributed by atoms with Gasteiger partial charge < -0.3 is 19.5 Å². The van der Waals surface area contributed by atoms with Crippen LogP contribution in [0.15, 0.2) is 48.0 Å². The quantitative estimate of drug-likeness (QED) is 0.519. The first-order valence-electron chi connectivity index (χ1n) is 9.53. The van der Waals surface area contributed by atoms with Crippen molar-refractivity contribution >= 4 is 22.9 Å². The Labute approximate surface area is 174 Å². The van der Waals surface area contributed by atoms with E-state index in [9.17, 15) is 4.79 Å². The predicted octanol–water partition coefficient (Wildman–Crippen LogP) is 5.26. The number of aromatic nitrogens is 1. The minimum atomic E-state index is -0.253. The van der Waals surface area contributed by atoms with Crippen molar-refractivity contribution in [2.45, 2.75) is 20.8 Å². The van der Waals surface area contributed by atoms with Crippen molar-refractivity contribution in [2.24, 2.45) is 0 Å². The summed E-state index contributed by atoms with van der Waals surface area (Å²) in [5.74, 6) is 1.24. The average molecular weight is 413 g/mol. The largest absolute Gasteiger partial charge is 0.490 e. The van der Waals surface area contributed by atoms with Gasteiger partial charge in [0.05, 0.1) is 19.8 Å². The highest BCUT2D eigenvalue weighted by Crippen LogP contribution is 2.39. The van der Waals surface area contributed by atoms with Crippen LogP contribution >= 0.6 is 11.3 Å². The van der Waals surface area contributed by atoms with E-state index < -0.39 is 0 Å². The van der Waals surface area contributed by atoms with Crippen LogP contribution in [0.5, 0.6) is 17.2 Å². The van der Waals surface area contributed by atoms with E-state index in [1.807, 2.05) is 50.4 Å². The second-order valence-electron chi connectivity index (χ2n) is 5.97. The second-order valence-corrected chi connectivity index (χ2v) is 6.86. The fraction of sp³-hybridized carbons (Fsp3) is 0.273. The van der Waals surface area contributed by atoms with E-state index in [2.05, 4.69) is 10.3 Å². The number of anilines is 1. The van der Waals surface area contributed by atoms with Crippen molar-refractivity contribution < 1.29 is 19.0 Å². The molecule has 0 unspecified atom stereocenters. The summed E-state index contributed by atoms with van der Waals surface area (Å²) in [6.07, 6.45) is 1.77. The van der Waals surface area contributed by atoms with Crippen LogP contribution in [0.25, 0.3) is 10.6 Å². The summed E-state index contributed by atoms with van der Waals surface area (Å²) in [6.45, 7) is 7.03. The molecule has 1 N–H and O–H groups in total. The fourth-order valence-corrected chi connectivity index (χ4v) is 3.43. The highest BCUT2D eigenvalue weighted by Gasteiger charge is 2.18. The molecule has 0 aliphatic heterocycles. The zero-order valence-corrected chi connectivity index (χ0v) is 17.5. The number of hydrogen-bond donors (Lipinski definition) is 1. The fourth-order valence-electron chi connectivity index (χ4n) is 2.79. The molecule has 0 radical (unpaired) electrons. The Balaban J connectivity index is 1.84. The molecule has 2 aromatic carbocycles. The lowest BCUT2D eigenvalue weighted by atomic mass is 10.1. The molecule has 0 fully saturated rings. The smallest absolute Gasteiger partial charge is 0.255 e. The van der Waals surface area contributed by atoms with Crippen LogP contribution in [-0.2, 0) is 0 Å². The lowest BCUT2D eigenvalue weighted by Crippen LogP contribution is -2.13. The van der Waals surface area contributed by atoms with E-state index in [0.717, 1.165) is 10.6 Å². The van der Waals surface area contributed by atoms with Crippen LogP contribution in [0.2, 0.25) is 0 Å². The lowest BCUT2D eigenvalue weighted by Gasteiger charge is -2.17. The third-order valence-corrected chi connectivity index (χ3v) is 4.82. The molecular weight excluding hydrogens is 388 g/mol. The number of hydrogen-bond acceptors (Lipinski definition) is 6. The van der Waals surface area contributed by atoms with Crippen molar-refractivity contribution in [3.8, 4) is 27.8 Å². The second kappa shape index (κ2) is 9.93. The van der Waals surface area contributed by atoms with Crippen molar-refractivity contribution in [3.63, 3.8) is 0 Å². The highest BCUT2D eigenvalue weighted by molar-refractivity contribution is 7.13. The Bertz CT molecular complexity index is 913. The third-order valence-electron chi connectivity index (χ3n) is 3.99. The van der Waals surface area contributed by atoms with Gasteiger partial charge in [0.2, 0.25) is 5.75 Å². The molecule has 1 aromatic heterocycles. The zero-order valence-electron chi connectivity index (χ0n) is 16.7. The van der Waals surface area contributed by atoms with Crippen LogP contribution < -0.4 is 19.5 Å². The van der Waals surface area contributed by atoms with Gasteiger partial charge in [0.1, 0.15) is 5.01 Å². The monoisotopic (exact) mass is 412 g/mol. The normalized spacial score (nSPS) is 10.4. The first kappa shape index (κ1) is 20.7. The van der Waals surface area contributed by atoms with E-state index in [-0.39, 0.29) is 5.91 Å². The first-order valence-corrected chi connectivity index (χ1v) is 10.4. The summed E-state index contributed by atoms with van der Waals surface area (Å²) in [6, 6.07) is 10.9. The van der Waals surface area contributed by atoms with Crippen molar-refractivity contribution in [2.75, 3.05) is 25.1 Å². The van der Waals surface area contributed by atoms with Gasteiger partial charge in [-0.25, -0.2) is 4.98 Å². The summed E-state index contributed by atoms with van der Waals surface area (Å²) >= 11 is 1.57. The van der Waals surface area contributed by atoms with Gasteiger partial charge >= 0.3 is 0 Å². The molecule has 1 amide bonds. The Morgan fingerprint density at radius 3 is 2.10 bits per heavy atom. The number of benzene rings is 2. The maximum Gasteiger partial charge on any atom is 0.255 e. The van der Waals surface area contributed by atoms with Gasteiger partial charge in [0.25, 0.3) is 5.91 Å². The molecule has 0 saturated heterocycles. The standard InChI is InChI=1S/C22H24N2O4S/c1-4-26-18-13-16(14-19(27-5-2)20(18)28-6-3)21(25)24-17-9-7-15(8-10-17)22-23-11-12-29-22/h7-14H,4-6H2,1-3H3,(H,24,25). The van der Waals surface area contributed by atoms with Crippen LogP contribution in [0.4, 0.5) is 5.69 Å². The van der Waals surface area contributed by atoms with E-state index >= 15 is 0 Å². The summed E-state index contributed by atoms with van der Waals surface area (Å²) in [5, 5.41) is 5.79. The average Bonchev–Trinajstić information content (AvgIpc) is 3.26. The summed E-state index contributed by atoms with van der Waals surface area (Å²) < 4.78 is 17.1. The molecular formula is C22H24N2O4S. The third kappa shape index (κ3) is 5.06. The van der Waals surface area contributed by atoms with Crippen LogP contribution in [0.1, 0.15) is 31.1 Å². The van der Waals surface area contributed by atoms with Gasteiger partial charge in [-0.1, -0.05) is 0 Å². The van der Waals surface area contributed by atoms with E-state index in [1.165, 1.54) is 0 Å². The van der Waals surface area contributed by atoms with Crippen molar-refractivity contribution in [1.29, 1.82) is 0 Å². The van der Waals surface area contributed by atoms with Gasteiger partial charge in [-0.3, -0.25) is 4.79 Å². The van der Waals surface area contributed by atoms with E-state index in [0.29, 0.717) is 48.3 Å². The number of carbonyl (C=O) groups excluding carboxylic acids is 1. The van der Waals surface area contributed by atoms with Gasteiger partial charge in [0.15, 0.2) is 11.5 Å². The minimum absolute atomic E-state index is 0.253. The maximum absolute atomic E-state index is 12.8. The molecule has 0 spiro atoms. The van der Waals surface area contributed by atoms with Crippen molar-refractivity contribution in [1.82, 2.24) is 4.98 Å². The van der Waals surface area contributed by atoms with Gasteiger partial charge in [-0.2, -0.15) is 0 Å². The van der Waals surface area contributed by atoms with E-state index in [1.54, 1.807) is 29.7 Å². The van der Waals surface area contributed by atoms with Crippen LogP contribution in [0.3, 0.4) is 0 Å². The number of amides is 1. The minimum Gasteiger partial charge on any atom is -0.490 e. The molecule has 3 rings (SSSR count). The molecule has 152 valence electrons. The summed E-state index contributed by atoms with van der Waals surface area (Å²) in [7, 11) is 0. The lowest BCUT2D eigenvalue weighted by molar-refractivity contribution is 0.102. The van der Waals surface area contributed by atoms with Gasteiger partial charge in [-0.15, -0.1) is 11.3 Å². The molecule has 7 heteroatoms. The SMILES string of the molecule is CCOc1cc(C(=O)Nc2ccc(-c3nccs3)cc2)cc(OCC)c1OCC. The molecule has 0 atom stereocenters. The predicted molar refractivity (Wildman–Crippen MR) is 115 cm³/mol. The molecule has 1 heterocycles. The molecule has 0 saturated carbocycles. The van der Waals surface area contributed by atoms with Crippen molar-refractivity contribution in [3.05, 3.63) is 53.5 Å². The van der Waals surface area contributed by atoms with Crippen LogP contribution in [0, 0.1) is 0 Å². The van der Waals surface area contributed by atoms with Gasteiger partial charge in [-0.05, 0) is 57.2 Å². The topological polar surface area (TPSA) is 69.7 Å². The Hall–Kier alpha value is -3.06. The molecule has 0 aliphatic rings. The maximum atomic E-state index is 12.8. The Morgan fingerprint density at radius 2 is 1.59 bits per heavy atom. The number of ether oxygens (including phenoxy) is 3. The number of nitrogens with zero attached hydrogens (tertiary/aromatic N) is 1. The zero-order chi connectivity index (χ0) is 20.6. The van der Waals surface area contributed by atoms with E-state index in [4.69, 9.17) is 14.2 Å². The molecule has 3 aromatic rings. The Morgan fingerprint density at radius 1 is 0.966 bits per heavy atom. The highest BCUT2D eigenvalue weighted by atomic mass is 32.1. The molecule has 6 nitrogen and oxygen atoms in total. The molecule has 0 aliphatic carbocycles.